The molecule has 0 aliphatic carbocycles. The number of nitrogens with zero attached hydrogens (tertiary/aromatic N) is 2. The number of nitrogens with one attached hydrogen (secondary N) is 2. The van der Waals surface area contributed by atoms with Gasteiger partial charge in [-0.1, -0.05) is 36.8 Å². The molecule has 0 amide bonds. The summed E-state index contributed by atoms with van der Waals surface area (Å²) in [6.45, 7) is 9.28. The van der Waals surface area contributed by atoms with Crippen molar-refractivity contribution in [2.75, 3.05) is 27.2 Å². The largest absolute Gasteiger partial charge is 0.355 e. The van der Waals surface area contributed by atoms with Crippen molar-refractivity contribution >= 4 is 5.96 Å². The van der Waals surface area contributed by atoms with Gasteiger partial charge < -0.3 is 15.5 Å². The Kier molecular flexibility index (Phi) is 7.83. The Hall–Kier alpha value is -1.55. The number of aryl methyl sites for hydroxylation is 1. The number of aliphatic imine (C=N–C) groups is 1. The lowest BCUT2D eigenvalue weighted by atomic mass is 10.1. The van der Waals surface area contributed by atoms with Gasteiger partial charge in [-0.25, -0.2) is 0 Å². The van der Waals surface area contributed by atoms with E-state index < -0.39 is 0 Å². The molecule has 0 spiro atoms. The maximum Gasteiger partial charge on any atom is 0.191 e. The van der Waals surface area contributed by atoms with Gasteiger partial charge in [-0.2, -0.15) is 0 Å². The maximum absolute atomic E-state index is 4.26. The quantitative estimate of drug-likeness (QED) is 0.598. The van der Waals surface area contributed by atoms with Crippen LogP contribution in [-0.2, 0) is 6.54 Å². The molecule has 0 aliphatic heterocycles. The Balaban J connectivity index is 2.31. The second-order valence-corrected chi connectivity index (χ2v) is 5.58. The molecule has 0 radical (unpaired) electrons. The minimum absolute atomic E-state index is 0.620. The molecule has 0 saturated heterocycles. The van der Waals surface area contributed by atoms with Gasteiger partial charge in [-0.15, -0.1) is 0 Å². The van der Waals surface area contributed by atoms with Crippen LogP contribution in [0.3, 0.4) is 0 Å². The predicted molar refractivity (Wildman–Crippen MR) is 91.8 cm³/mol. The van der Waals surface area contributed by atoms with Crippen LogP contribution in [0.25, 0.3) is 0 Å². The third-order valence-electron chi connectivity index (χ3n) is 3.90. The molecule has 1 aromatic carbocycles. The van der Waals surface area contributed by atoms with E-state index in [1.54, 1.807) is 0 Å². The summed E-state index contributed by atoms with van der Waals surface area (Å²) in [5.74, 6) is 0.855. The molecule has 0 bridgehead atoms. The Morgan fingerprint density at radius 1 is 1.24 bits per heavy atom. The van der Waals surface area contributed by atoms with Gasteiger partial charge in [-0.05, 0) is 32.9 Å². The minimum atomic E-state index is 0.620. The van der Waals surface area contributed by atoms with Crippen LogP contribution in [0, 0.1) is 6.92 Å². The molecule has 2 N–H and O–H groups in total. The molecule has 21 heavy (non-hydrogen) atoms. The van der Waals surface area contributed by atoms with Crippen LogP contribution in [0.1, 0.15) is 31.4 Å². The van der Waals surface area contributed by atoms with Crippen LogP contribution >= 0.6 is 0 Å². The zero-order valence-electron chi connectivity index (χ0n) is 14.1. The van der Waals surface area contributed by atoms with Gasteiger partial charge in [0, 0.05) is 32.7 Å². The Morgan fingerprint density at radius 3 is 2.48 bits per heavy atom. The molecule has 4 heteroatoms. The van der Waals surface area contributed by atoms with Crippen molar-refractivity contribution in [3.05, 3.63) is 35.4 Å². The first-order chi connectivity index (χ1) is 10.1. The normalized spacial score (nSPS) is 13.3. The molecule has 0 aliphatic rings. The summed E-state index contributed by atoms with van der Waals surface area (Å²) in [6.07, 6.45) is 1.18. The summed E-state index contributed by atoms with van der Waals surface area (Å²) in [5, 5.41) is 6.70. The van der Waals surface area contributed by atoms with Gasteiger partial charge in [0.25, 0.3) is 0 Å². The van der Waals surface area contributed by atoms with E-state index in [4.69, 9.17) is 0 Å². The number of rotatable bonds is 7. The van der Waals surface area contributed by atoms with Gasteiger partial charge in [0.05, 0.1) is 0 Å². The summed E-state index contributed by atoms with van der Waals surface area (Å²) in [7, 11) is 3.97. The van der Waals surface area contributed by atoms with E-state index in [1.807, 2.05) is 7.05 Å². The van der Waals surface area contributed by atoms with Gasteiger partial charge in [0.15, 0.2) is 5.96 Å². The highest BCUT2D eigenvalue weighted by atomic mass is 15.2. The summed E-state index contributed by atoms with van der Waals surface area (Å²) < 4.78 is 0. The van der Waals surface area contributed by atoms with Crippen LogP contribution in [0.15, 0.2) is 29.3 Å². The van der Waals surface area contributed by atoms with E-state index in [2.05, 4.69) is 72.6 Å². The molecule has 0 aromatic heterocycles. The zero-order valence-corrected chi connectivity index (χ0v) is 14.1. The lowest BCUT2D eigenvalue weighted by Crippen LogP contribution is -2.42. The number of benzene rings is 1. The topological polar surface area (TPSA) is 39.7 Å². The van der Waals surface area contributed by atoms with Crippen molar-refractivity contribution in [3.63, 3.8) is 0 Å². The van der Waals surface area contributed by atoms with Crippen LogP contribution in [0.4, 0.5) is 0 Å². The molecule has 0 heterocycles. The standard InChI is InChI=1S/C17H30N4/c1-6-15(3)21(5)12-11-19-17(18-4)20-13-16-9-7-14(2)8-10-16/h7-10,15H,6,11-13H2,1-5H3,(H2,18,19,20). The molecule has 1 unspecified atom stereocenters. The smallest absolute Gasteiger partial charge is 0.191 e. The molecule has 1 aromatic rings. The highest BCUT2D eigenvalue weighted by Gasteiger charge is 2.06. The summed E-state index contributed by atoms with van der Waals surface area (Å²) in [4.78, 5) is 6.62. The number of hydrogen-bond acceptors (Lipinski definition) is 2. The third-order valence-corrected chi connectivity index (χ3v) is 3.90. The lowest BCUT2D eigenvalue weighted by Gasteiger charge is -2.24. The van der Waals surface area contributed by atoms with Crippen molar-refractivity contribution in [1.82, 2.24) is 15.5 Å². The van der Waals surface area contributed by atoms with E-state index >= 15 is 0 Å². The third kappa shape index (κ3) is 6.63. The molecular formula is C17H30N4. The first-order valence-electron chi connectivity index (χ1n) is 7.77. The van der Waals surface area contributed by atoms with Gasteiger partial charge >= 0.3 is 0 Å². The van der Waals surface area contributed by atoms with Crippen molar-refractivity contribution in [3.8, 4) is 0 Å². The molecular weight excluding hydrogens is 260 g/mol. The van der Waals surface area contributed by atoms with E-state index in [0.29, 0.717) is 6.04 Å². The van der Waals surface area contributed by atoms with E-state index in [-0.39, 0.29) is 0 Å². The van der Waals surface area contributed by atoms with Gasteiger partial charge in [0.1, 0.15) is 0 Å². The summed E-state index contributed by atoms with van der Waals surface area (Å²) in [5.41, 5.74) is 2.55. The van der Waals surface area contributed by atoms with Crippen LogP contribution in [0.5, 0.6) is 0 Å². The first kappa shape index (κ1) is 17.5. The number of guanidine groups is 1. The van der Waals surface area contributed by atoms with E-state index in [9.17, 15) is 0 Å². The molecule has 0 fully saturated rings. The second-order valence-electron chi connectivity index (χ2n) is 5.58. The Labute approximate surface area is 129 Å². The predicted octanol–water partition coefficient (Wildman–Crippen LogP) is 2.39. The highest BCUT2D eigenvalue weighted by Crippen LogP contribution is 2.02. The monoisotopic (exact) mass is 290 g/mol. The van der Waals surface area contributed by atoms with Crippen molar-refractivity contribution in [1.29, 1.82) is 0 Å². The Bertz CT molecular complexity index is 425. The fraction of sp³-hybridized carbons (Fsp3) is 0.588. The lowest BCUT2D eigenvalue weighted by molar-refractivity contribution is 0.255. The van der Waals surface area contributed by atoms with Crippen molar-refractivity contribution in [2.24, 2.45) is 4.99 Å². The first-order valence-corrected chi connectivity index (χ1v) is 7.77. The molecule has 118 valence electrons. The highest BCUT2D eigenvalue weighted by molar-refractivity contribution is 5.79. The maximum atomic E-state index is 4.26. The zero-order chi connectivity index (χ0) is 15.7. The van der Waals surface area contributed by atoms with E-state index in [0.717, 1.165) is 25.6 Å². The van der Waals surface area contributed by atoms with Gasteiger partial charge in [-0.3, -0.25) is 4.99 Å². The summed E-state index contributed by atoms with van der Waals surface area (Å²) in [6, 6.07) is 9.18. The fourth-order valence-corrected chi connectivity index (χ4v) is 2.00. The second kappa shape index (κ2) is 9.40. The number of likely N-dealkylation sites (N-methyl/N-ethyl adjacent to an activating group) is 1. The van der Waals surface area contributed by atoms with E-state index in [1.165, 1.54) is 17.5 Å². The fourth-order valence-electron chi connectivity index (χ4n) is 2.00. The van der Waals surface area contributed by atoms with Crippen LogP contribution < -0.4 is 10.6 Å². The molecule has 0 saturated carbocycles. The SMILES string of the molecule is CCC(C)N(C)CCNC(=NC)NCc1ccc(C)cc1. The van der Waals surface area contributed by atoms with Gasteiger partial charge in [0.2, 0.25) is 0 Å². The van der Waals surface area contributed by atoms with Crippen molar-refractivity contribution < 1.29 is 0 Å². The van der Waals surface area contributed by atoms with Crippen molar-refractivity contribution in [2.45, 2.75) is 39.8 Å². The summed E-state index contributed by atoms with van der Waals surface area (Å²) >= 11 is 0. The molecule has 1 atom stereocenters. The average Bonchev–Trinajstić information content (AvgIpc) is 2.51. The average molecular weight is 290 g/mol. The Morgan fingerprint density at radius 2 is 1.90 bits per heavy atom. The van der Waals surface area contributed by atoms with Crippen LogP contribution in [-0.4, -0.2) is 44.1 Å². The molecule has 4 nitrogen and oxygen atoms in total. The van der Waals surface area contributed by atoms with Crippen LogP contribution in [0.2, 0.25) is 0 Å². The minimum Gasteiger partial charge on any atom is -0.355 e. The molecule has 1 rings (SSSR count). The number of hydrogen-bond donors (Lipinski definition) is 2.